The van der Waals surface area contributed by atoms with Crippen LogP contribution in [0.25, 0.3) is 0 Å². The number of benzene rings is 2. The van der Waals surface area contributed by atoms with Gasteiger partial charge in [0.25, 0.3) is 0 Å². The average molecular weight is 548 g/mol. The molecule has 0 aliphatic rings. The first-order valence-corrected chi connectivity index (χ1v) is 9.73. The summed E-state index contributed by atoms with van der Waals surface area (Å²) < 4.78 is 37.4. The minimum atomic E-state index is -4.44. The molecule has 0 unspecified atom stereocenters. The zero-order valence-electron chi connectivity index (χ0n) is 17.5. The van der Waals surface area contributed by atoms with Crippen molar-refractivity contribution in [2.75, 3.05) is 33.2 Å². The molecule has 0 aromatic heterocycles. The van der Waals surface area contributed by atoms with Crippen LogP contribution in [0.1, 0.15) is 24.0 Å². The molecular weight excluding hydrogens is 520 g/mol. The number of rotatable bonds is 8. The summed E-state index contributed by atoms with van der Waals surface area (Å²) in [7, 11) is 1.12. The molecule has 0 radical (unpaired) electrons. The van der Waals surface area contributed by atoms with E-state index in [1.54, 1.807) is 0 Å². The molecule has 170 valence electrons. The Labute approximate surface area is 198 Å². The summed E-state index contributed by atoms with van der Waals surface area (Å²) in [6, 6.07) is 20.0. The van der Waals surface area contributed by atoms with Crippen molar-refractivity contribution in [3.05, 3.63) is 71.8 Å². The Hall–Kier alpha value is -2.30. The maximum Gasteiger partial charge on any atom is 0.406 e. The lowest BCUT2D eigenvalue weighted by Gasteiger charge is -2.21. The van der Waals surface area contributed by atoms with Gasteiger partial charge in [-0.2, -0.15) is 13.2 Å². The average Bonchev–Trinajstić information content (AvgIpc) is 2.72. The van der Waals surface area contributed by atoms with Gasteiger partial charge in [0, 0.05) is 26.1 Å². The zero-order valence-corrected chi connectivity index (χ0v) is 19.9. The number of halogens is 4. The van der Waals surface area contributed by atoms with E-state index in [1.165, 1.54) is 0 Å². The predicted molar refractivity (Wildman–Crippen MR) is 128 cm³/mol. The Kier molecular flexibility index (Phi) is 11.4. The third-order valence-corrected chi connectivity index (χ3v) is 4.44. The monoisotopic (exact) mass is 548 g/mol. The number of likely N-dealkylation sites (N-methyl/N-ethyl adjacent to an activating group) is 1. The van der Waals surface area contributed by atoms with Crippen LogP contribution in [0.15, 0.2) is 65.7 Å². The van der Waals surface area contributed by atoms with Crippen molar-refractivity contribution in [3.8, 4) is 0 Å². The number of guanidine groups is 1. The van der Waals surface area contributed by atoms with Crippen molar-refractivity contribution in [1.82, 2.24) is 15.5 Å². The first-order chi connectivity index (χ1) is 14.3. The molecular formula is C22H28F3IN4O. The quantitative estimate of drug-likeness (QED) is 0.298. The van der Waals surface area contributed by atoms with Crippen LogP contribution in [0, 0.1) is 0 Å². The molecule has 0 aliphatic heterocycles. The number of alkyl halides is 3. The number of amides is 1. The van der Waals surface area contributed by atoms with Crippen LogP contribution in [-0.4, -0.2) is 56.2 Å². The van der Waals surface area contributed by atoms with Crippen molar-refractivity contribution in [2.24, 2.45) is 4.99 Å². The second-order valence-electron chi connectivity index (χ2n) is 6.81. The first-order valence-electron chi connectivity index (χ1n) is 9.73. The minimum absolute atomic E-state index is 0. The maximum atomic E-state index is 12.5. The maximum absolute atomic E-state index is 12.5. The van der Waals surface area contributed by atoms with Gasteiger partial charge in [-0.3, -0.25) is 4.79 Å². The fourth-order valence-corrected chi connectivity index (χ4v) is 2.96. The van der Waals surface area contributed by atoms with Crippen LogP contribution < -0.4 is 10.6 Å². The molecule has 2 aromatic rings. The van der Waals surface area contributed by atoms with Crippen molar-refractivity contribution in [3.63, 3.8) is 0 Å². The SMILES string of the molecule is CCNC(=NCC(=O)N(C)CC(F)(F)F)NCC(c1ccccc1)c1ccccc1.I. The van der Waals surface area contributed by atoms with Gasteiger partial charge in [0.1, 0.15) is 13.1 Å². The van der Waals surface area contributed by atoms with E-state index in [0.717, 1.165) is 18.2 Å². The highest BCUT2D eigenvalue weighted by Crippen LogP contribution is 2.23. The highest BCUT2D eigenvalue weighted by atomic mass is 127. The zero-order chi connectivity index (χ0) is 22.0. The third kappa shape index (κ3) is 9.58. The fourth-order valence-electron chi connectivity index (χ4n) is 2.96. The molecule has 2 aromatic carbocycles. The third-order valence-electron chi connectivity index (χ3n) is 4.44. The summed E-state index contributed by atoms with van der Waals surface area (Å²) in [4.78, 5) is 16.8. The van der Waals surface area contributed by atoms with E-state index in [4.69, 9.17) is 0 Å². The smallest absolute Gasteiger partial charge is 0.357 e. The molecule has 2 N–H and O–H groups in total. The number of carbonyl (C=O) groups excluding carboxylic acids is 1. The number of hydrogen-bond donors (Lipinski definition) is 2. The van der Waals surface area contributed by atoms with E-state index in [9.17, 15) is 18.0 Å². The van der Waals surface area contributed by atoms with Crippen LogP contribution in [0.3, 0.4) is 0 Å². The fraction of sp³-hybridized carbons (Fsp3) is 0.364. The summed E-state index contributed by atoms with van der Waals surface area (Å²) in [5.74, 6) is -0.282. The van der Waals surface area contributed by atoms with Crippen molar-refractivity contribution in [1.29, 1.82) is 0 Å². The molecule has 1 amide bonds. The summed E-state index contributed by atoms with van der Waals surface area (Å²) in [6.45, 7) is 1.27. The van der Waals surface area contributed by atoms with Crippen LogP contribution >= 0.6 is 24.0 Å². The molecule has 0 heterocycles. The molecule has 2 rings (SSSR count). The van der Waals surface area contributed by atoms with Crippen molar-refractivity contribution in [2.45, 2.75) is 19.0 Å². The number of hydrogen-bond acceptors (Lipinski definition) is 2. The number of carbonyl (C=O) groups is 1. The molecule has 0 saturated carbocycles. The van der Waals surface area contributed by atoms with Crippen LogP contribution in [0.4, 0.5) is 13.2 Å². The van der Waals surface area contributed by atoms with E-state index in [1.807, 2.05) is 67.6 Å². The second-order valence-corrected chi connectivity index (χ2v) is 6.81. The highest BCUT2D eigenvalue weighted by molar-refractivity contribution is 14.0. The van der Waals surface area contributed by atoms with Crippen LogP contribution in [0.2, 0.25) is 0 Å². The summed E-state index contributed by atoms with van der Waals surface area (Å²) in [6.07, 6.45) is -4.44. The Morgan fingerprint density at radius 3 is 1.97 bits per heavy atom. The Morgan fingerprint density at radius 2 is 1.52 bits per heavy atom. The van der Waals surface area contributed by atoms with Gasteiger partial charge in [-0.05, 0) is 18.1 Å². The summed E-state index contributed by atoms with van der Waals surface area (Å²) in [5, 5.41) is 6.24. The topological polar surface area (TPSA) is 56.7 Å². The molecule has 0 aliphatic carbocycles. The molecule has 5 nitrogen and oxygen atoms in total. The Balaban J connectivity index is 0.00000480. The molecule has 0 bridgehead atoms. The summed E-state index contributed by atoms with van der Waals surface area (Å²) in [5.41, 5.74) is 2.24. The van der Waals surface area contributed by atoms with Crippen LogP contribution in [-0.2, 0) is 4.79 Å². The first kappa shape index (κ1) is 26.7. The Morgan fingerprint density at radius 1 is 1.00 bits per heavy atom. The number of aliphatic imine (C=N–C) groups is 1. The Bertz CT molecular complexity index is 777. The predicted octanol–water partition coefficient (Wildman–Crippen LogP) is 4.01. The standard InChI is InChI=1S/C22H27F3N4O.HI/c1-3-26-21(28-15-20(30)29(2)16-22(23,24)25)27-14-19(17-10-6-4-7-11-17)18-12-8-5-9-13-18;/h4-13,19H,3,14-16H2,1-2H3,(H2,26,27,28);1H. The van der Waals surface area contributed by atoms with Crippen molar-refractivity contribution < 1.29 is 18.0 Å². The van der Waals surface area contributed by atoms with E-state index >= 15 is 0 Å². The number of nitrogens with one attached hydrogen (secondary N) is 2. The van der Waals surface area contributed by atoms with Gasteiger partial charge in [0.2, 0.25) is 5.91 Å². The lowest BCUT2D eigenvalue weighted by molar-refractivity contribution is -0.157. The van der Waals surface area contributed by atoms with Crippen molar-refractivity contribution >= 4 is 35.8 Å². The van der Waals surface area contributed by atoms with Crippen LogP contribution in [0.5, 0.6) is 0 Å². The van der Waals surface area contributed by atoms with Gasteiger partial charge in [-0.25, -0.2) is 4.99 Å². The van der Waals surface area contributed by atoms with Gasteiger partial charge in [0.05, 0.1) is 0 Å². The lowest BCUT2D eigenvalue weighted by Crippen LogP contribution is -2.41. The van der Waals surface area contributed by atoms with E-state index in [0.29, 0.717) is 23.9 Å². The van der Waals surface area contributed by atoms with E-state index in [2.05, 4.69) is 15.6 Å². The normalized spacial score (nSPS) is 11.6. The van der Waals surface area contributed by atoms with Gasteiger partial charge < -0.3 is 15.5 Å². The number of nitrogens with zero attached hydrogens (tertiary/aromatic N) is 2. The van der Waals surface area contributed by atoms with Gasteiger partial charge in [-0.15, -0.1) is 24.0 Å². The minimum Gasteiger partial charge on any atom is -0.357 e. The van der Waals surface area contributed by atoms with E-state index < -0.39 is 18.6 Å². The van der Waals surface area contributed by atoms with Gasteiger partial charge in [0.15, 0.2) is 5.96 Å². The van der Waals surface area contributed by atoms with E-state index in [-0.39, 0.29) is 36.4 Å². The second kappa shape index (κ2) is 13.2. The largest absolute Gasteiger partial charge is 0.406 e. The summed E-state index contributed by atoms with van der Waals surface area (Å²) >= 11 is 0. The lowest BCUT2D eigenvalue weighted by atomic mass is 9.91. The molecule has 0 saturated heterocycles. The van der Waals surface area contributed by atoms with Gasteiger partial charge >= 0.3 is 6.18 Å². The molecule has 0 atom stereocenters. The molecule has 0 spiro atoms. The molecule has 0 fully saturated rings. The molecule has 9 heteroatoms. The van der Waals surface area contributed by atoms with Gasteiger partial charge in [-0.1, -0.05) is 60.7 Å². The molecule has 31 heavy (non-hydrogen) atoms. The highest BCUT2D eigenvalue weighted by Gasteiger charge is 2.31.